The van der Waals surface area contributed by atoms with E-state index < -0.39 is 87.4 Å². The summed E-state index contributed by atoms with van der Waals surface area (Å²) in [6, 6.07) is -2.81. The molecule has 0 aliphatic carbocycles. The van der Waals surface area contributed by atoms with Crippen molar-refractivity contribution in [2.45, 2.75) is 44.2 Å². The minimum Gasteiger partial charge on any atom is -0.481 e. The number of aliphatic carboxylic acids is 4. The molecule has 4 atom stereocenters. The quantitative estimate of drug-likeness (QED) is 0.136. The first-order valence-corrected chi connectivity index (χ1v) is 10.4. The number of hydrogen-bond donors (Lipinski definition) is 7. The second-order valence-corrected chi connectivity index (χ2v) is 8.25. The monoisotopic (exact) mass is 456 g/mol. The van der Waals surface area contributed by atoms with Gasteiger partial charge in [-0.1, -0.05) is 0 Å². The summed E-state index contributed by atoms with van der Waals surface area (Å²) in [5.41, 5.74) is 5.23. The van der Waals surface area contributed by atoms with E-state index in [9.17, 15) is 33.4 Å². The van der Waals surface area contributed by atoms with Gasteiger partial charge in [0.25, 0.3) is 0 Å². The molecule has 0 aliphatic heterocycles. The molecular weight excluding hydrogens is 431 g/mol. The molecule has 0 aromatic heterocycles. The van der Waals surface area contributed by atoms with E-state index in [-0.39, 0.29) is 12.8 Å². The highest BCUT2D eigenvalue weighted by Crippen LogP contribution is 2.44. The molecule has 0 saturated carbocycles. The van der Waals surface area contributed by atoms with Crippen molar-refractivity contribution in [2.24, 2.45) is 11.7 Å². The molecule has 0 saturated heterocycles. The SMILES string of the molecule is N[C@@H](CCC(=O)N[C@@H](CCOP(=O)(O)CC(CCC(=O)O)C(=O)O)C(=O)O)C(=O)O. The van der Waals surface area contributed by atoms with Gasteiger partial charge in [-0.3, -0.25) is 23.7 Å². The predicted octanol–water partition coefficient (Wildman–Crippen LogP) is -1.09. The Balaban J connectivity index is 4.65. The van der Waals surface area contributed by atoms with E-state index in [1.165, 1.54) is 0 Å². The number of hydrogen-bond acceptors (Lipinski definition) is 8. The molecule has 8 N–H and O–H groups in total. The molecule has 30 heavy (non-hydrogen) atoms. The summed E-state index contributed by atoms with van der Waals surface area (Å²) in [6.07, 6.45) is -2.83. The molecule has 0 spiro atoms. The van der Waals surface area contributed by atoms with Crippen LogP contribution in [0.4, 0.5) is 0 Å². The van der Waals surface area contributed by atoms with Crippen molar-refractivity contribution in [2.75, 3.05) is 12.8 Å². The molecule has 0 aliphatic rings. The maximum absolute atomic E-state index is 12.0. The van der Waals surface area contributed by atoms with Gasteiger partial charge in [0.15, 0.2) is 0 Å². The van der Waals surface area contributed by atoms with Crippen molar-refractivity contribution in [1.29, 1.82) is 0 Å². The van der Waals surface area contributed by atoms with Gasteiger partial charge >= 0.3 is 31.5 Å². The zero-order chi connectivity index (χ0) is 23.5. The molecule has 0 rings (SSSR count). The second kappa shape index (κ2) is 12.9. The topological polar surface area (TPSA) is 251 Å². The van der Waals surface area contributed by atoms with Gasteiger partial charge in [-0.05, 0) is 12.8 Å². The summed E-state index contributed by atoms with van der Waals surface area (Å²) < 4.78 is 16.7. The van der Waals surface area contributed by atoms with Crippen LogP contribution in [0, 0.1) is 5.92 Å². The fourth-order valence-electron chi connectivity index (χ4n) is 2.17. The summed E-state index contributed by atoms with van der Waals surface area (Å²) in [5, 5.41) is 37.4. The van der Waals surface area contributed by atoms with Gasteiger partial charge in [-0.2, -0.15) is 0 Å². The Bertz CT molecular complexity index is 697. The molecule has 0 bridgehead atoms. The summed E-state index contributed by atoms with van der Waals surface area (Å²) in [5.74, 6) is -7.82. The third-order valence-electron chi connectivity index (χ3n) is 3.84. The minimum atomic E-state index is -4.48. The molecule has 15 heteroatoms. The van der Waals surface area contributed by atoms with Gasteiger partial charge in [-0.25, -0.2) is 4.79 Å². The van der Waals surface area contributed by atoms with Gasteiger partial charge in [0.2, 0.25) is 5.91 Å². The number of carbonyl (C=O) groups is 5. The Morgan fingerprint density at radius 3 is 1.97 bits per heavy atom. The van der Waals surface area contributed by atoms with Crippen LogP contribution in [0.25, 0.3) is 0 Å². The van der Waals surface area contributed by atoms with Crippen LogP contribution in [-0.4, -0.2) is 80.0 Å². The van der Waals surface area contributed by atoms with E-state index in [1.54, 1.807) is 0 Å². The average molecular weight is 456 g/mol. The van der Waals surface area contributed by atoms with Crippen LogP contribution in [0.2, 0.25) is 0 Å². The standard InChI is InChI=1S/C15H25N2O12P/c16-9(14(23)24)2-3-11(18)17-10(15(25)26)5-6-29-30(27,28)7-8(13(21)22)1-4-12(19)20/h8-10H,1-7,16H2,(H,17,18)(H,19,20)(H,21,22)(H,23,24)(H,25,26)(H,27,28)/t8?,9-,10-/m0/s1. The van der Waals surface area contributed by atoms with Gasteiger partial charge in [0.05, 0.1) is 18.7 Å². The summed E-state index contributed by atoms with van der Waals surface area (Å²) in [4.78, 5) is 64.9. The third kappa shape index (κ3) is 12.1. The smallest absolute Gasteiger partial charge is 0.328 e. The Labute approximate surface area is 170 Å². The first-order chi connectivity index (χ1) is 13.7. The van der Waals surface area contributed by atoms with Crippen LogP contribution in [0.5, 0.6) is 0 Å². The van der Waals surface area contributed by atoms with Crippen LogP contribution < -0.4 is 11.1 Å². The largest absolute Gasteiger partial charge is 0.481 e. The van der Waals surface area contributed by atoms with Crippen LogP contribution in [0.3, 0.4) is 0 Å². The van der Waals surface area contributed by atoms with Crippen LogP contribution >= 0.6 is 7.60 Å². The number of carboxylic acids is 4. The van der Waals surface area contributed by atoms with Crippen molar-refractivity contribution >= 4 is 37.4 Å². The first kappa shape index (κ1) is 27.5. The van der Waals surface area contributed by atoms with Crippen molar-refractivity contribution in [3.8, 4) is 0 Å². The van der Waals surface area contributed by atoms with Crippen molar-refractivity contribution in [1.82, 2.24) is 5.32 Å². The van der Waals surface area contributed by atoms with E-state index in [4.69, 9.17) is 30.7 Å². The van der Waals surface area contributed by atoms with E-state index in [1.807, 2.05) is 0 Å². The van der Waals surface area contributed by atoms with Gasteiger partial charge < -0.3 is 40.9 Å². The fourth-order valence-corrected chi connectivity index (χ4v) is 3.56. The number of nitrogens with one attached hydrogen (secondary N) is 1. The van der Waals surface area contributed by atoms with Crippen LogP contribution in [-0.2, 0) is 33.1 Å². The highest BCUT2D eigenvalue weighted by molar-refractivity contribution is 7.52. The summed E-state index contributed by atoms with van der Waals surface area (Å²) in [6.45, 7) is -0.620. The first-order valence-electron chi connectivity index (χ1n) is 8.66. The van der Waals surface area contributed by atoms with Crippen molar-refractivity contribution in [3.05, 3.63) is 0 Å². The average Bonchev–Trinajstić information content (AvgIpc) is 2.61. The molecule has 1 amide bonds. The zero-order valence-corrected chi connectivity index (χ0v) is 16.7. The highest BCUT2D eigenvalue weighted by Gasteiger charge is 2.31. The molecule has 0 heterocycles. The summed E-state index contributed by atoms with van der Waals surface area (Å²) in [7, 11) is -4.48. The Morgan fingerprint density at radius 1 is 0.900 bits per heavy atom. The maximum Gasteiger partial charge on any atom is 0.328 e. The number of carbonyl (C=O) groups excluding carboxylic acids is 1. The number of nitrogens with two attached hydrogens (primary N) is 1. The molecule has 0 aromatic rings. The van der Waals surface area contributed by atoms with Gasteiger partial charge in [0, 0.05) is 19.3 Å². The maximum atomic E-state index is 12.0. The van der Waals surface area contributed by atoms with E-state index in [2.05, 4.69) is 5.32 Å². The van der Waals surface area contributed by atoms with Crippen molar-refractivity contribution < 1.29 is 58.4 Å². The Hall–Kier alpha value is -2.54. The Morgan fingerprint density at radius 2 is 1.50 bits per heavy atom. The molecule has 0 radical (unpaired) electrons. The molecular formula is C15H25N2O12P. The fraction of sp³-hybridized carbons (Fsp3) is 0.667. The lowest BCUT2D eigenvalue weighted by Crippen LogP contribution is -2.42. The molecule has 14 nitrogen and oxygen atoms in total. The predicted molar refractivity (Wildman–Crippen MR) is 97.7 cm³/mol. The lowest BCUT2D eigenvalue weighted by atomic mass is 10.1. The lowest BCUT2D eigenvalue weighted by Gasteiger charge is -2.19. The lowest BCUT2D eigenvalue weighted by molar-refractivity contribution is -0.142. The van der Waals surface area contributed by atoms with Gasteiger partial charge in [0.1, 0.15) is 12.1 Å². The third-order valence-corrected chi connectivity index (χ3v) is 5.33. The van der Waals surface area contributed by atoms with Crippen LogP contribution in [0.1, 0.15) is 32.1 Å². The highest BCUT2D eigenvalue weighted by atomic mass is 31.2. The minimum absolute atomic E-state index is 0.233. The molecule has 2 unspecified atom stereocenters. The number of carboxylic acid groups (broad SMARTS) is 4. The molecule has 0 fully saturated rings. The number of rotatable bonds is 16. The number of amides is 1. The van der Waals surface area contributed by atoms with Crippen LogP contribution in [0.15, 0.2) is 0 Å². The van der Waals surface area contributed by atoms with Gasteiger partial charge in [-0.15, -0.1) is 0 Å². The normalized spacial score (nSPS) is 15.9. The summed E-state index contributed by atoms with van der Waals surface area (Å²) >= 11 is 0. The van der Waals surface area contributed by atoms with E-state index >= 15 is 0 Å². The second-order valence-electron chi connectivity index (χ2n) is 6.35. The van der Waals surface area contributed by atoms with Crippen molar-refractivity contribution in [3.63, 3.8) is 0 Å². The van der Waals surface area contributed by atoms with E-state index in [0.29, 0.717) is 0 Å². The molecule has 0 aromatic carbocycles. The van der Waals surface area contributed by atoms with E-state index in [0.717, 1.165) is 0 Å². The Kier molecular flexibility index (Phi) is 11.8. The zero-order valence-electron chi connectivity index (χ0n) is 15.8. The molecule has 172 valence electrons.